The Morgan fingerprint density at radius 3 is 2.79 bits per heavy atom. The highest BCUT2D eigenvalue weighted by atomic mass is 35.5. The van der Waals surface area contributed by atoms with E-state index in [1.165, 1.54) is 25.7 Å². The molecule has 19 heavy (non-hydrogen) atoms. The Morgan fingerprint density at radius 2 is 2.16 bits per heavy atom. The van der Waals surface area contributed by atoms with Crippen LogP contribution in [-0.2, 0) is 6.42 Å². The van der Waals surface area contributed by atoms with Gasteiger partial charge in [0.1, 0.15) is 5.82 Å². The summed E-state index contributed by atoms with van der Waals surface area (Å²) in [4.78, 5) is 0. The third kappa shape index (κ3) is 4.32. The van der Waals surface area contributed by atoms with Crippen molar-refractivity contribution in [1.29, 1.82) is 0 Å². The Bertz CT molecular complexity index is 456. The van der Waals surface area contributed by atoms with Gasteiger partial charge in [-0.15, -0.1) is 0 Å². The predicted molar refractivity (Wildman–Crippen MR) is 79.1 cm³/mol. The summed E-state index contributed by atoms with van der Waals surface area (Å²) in [6, 6.07) is 5.45. The Hall–Kier alpha value is -0.860. The van der Waals surface area contributed by atoms with Crippen molar-refractivity contribution in [2.75, 3.05) is 7.05 Å². The zero-order chi connectivity index (χ0) is 13.7. The van der Waals surface area contributed by atoms with E-state index in [2.05, 4.69) is 11.4 Å². The average molecular weight is 282 g/mol. The molecule has 1 atom stereocenters. The fourth-order valence-corrected chi connectivity index (χ4v) is 2.75. The van der Waals surface area contributed by atoms with Gasteiger partial charge in [-0.3, -0.25) is 0 Å². The molecular weight excluding hydrogens is 261 g/mol. The number of likely N-dealkylation sites (N-methyl/N-ethyl adjacent to an activating group) is 1. The molecule has 1 aliphatic rings. The van der Waals surface area contributed by atoms with Gasteiger partial charge in [0.05, 0.1) is 5.02 Å². The molecule has 0 heterocycles. The third-order valence-corrected chi connectivity index (χ3v) is 4.07. The van der Waals surface area contributed by atoms with Gasteiger partial charge >= 0.3 is 0 Å². The Kier molecular flexibility index (Phi) is 5.41. The lowest BCUT2D eigenvalue weighted by atomic mass is 9.92. The first-order valence-corrected chi connectivity index (χ1v) is 7.36. The monoisotopic (exact) mass is 281 g/mol. The van der Waals surface area contributed by atoms with Crippen LogP contribution in [0.3, 0.4) is 0 Å². The second kappa shape index (κ2) is 7.06. The second-order valence-corrected chi connectivity index (χ2v) is 5.66. The molecule has 0 amide bonds. The molecule has 1 nitrogen and oxygen atoms in total. The van der Waals surface area contributed by atoms with Crippen LogP contribution in [-0.4, -0.2) is 13.1 Å². The van der Waals surface area contributed by atoms with Gasteiger partial charge in [-0.25, -0.2) is 4.39 Å². The van der Waals surface area contributed by atoms with E-state index in [0.717, 1.165) is 18.4 Å². The maximum Gasteiger partial charge on any atom is 0.142 e. The molecule has 0 spiro atoms. The van der Waals surface area contributed by atoms with Crippen molar-refractivity contribution in [1.82, 2.24) is 5.32 Å². The summed E-state index contributed by atoms with van der Waals surface area (Å²) in [5.41, 5.74) is 2.54. The molecule has 3 heteroatoms. The lowest BCUT2D eigenvalue weighted by Gasteiger charge is -2.20. The van der Waals surface area contributed by atoms with Crippen molar-refractivity contribution in [3.8, 4) is 0 Å². The van der Waals surface area contributed by atoms with E-state index in [1.807, 2.05) is 13.1 Å². The lowest BCUT2D eigenvalue weighted by molar-refractivity contribution is 0.530. The van der Waals surface area contributed by atoms with E-state index >= 15 is 0 Å². The highest BCUT2D eigenvalue weighted by Crippen LogP contribution is 2.23. The molecule has 1 aromatic carbocycles. The van der Waals surface area contributed by atoms with E-state index < -0.39 is 0 Å². The summed E-state index contributed by atoms with van der Waals surface area (Å²) < 4.78 is 13.4. The molecular formula is C16H21ClFN. The first-order chi connectivity index (χ1) is 9.19. The van der Waals surface area contributed by atoms with Gasteiger partial charge in [-0.1, -0.05) is 29.3 Å². The molecule has 0 saturated heterocycles. The molecule has 1 N–H and O–H groups in total. The predicted octanol–water partition coefficient (Wildman–Crippen LogP) is 4.50. The van der Waals surface area contributed by atoms with Crippen molar-refractivity contribution in [3.63, 3.8) is 0 Å². The van der Waals surface area contributed by atoms with Gasteiger partial charge in [-0.2, -0.15) is 0 Å². The number of hydrogen-bond acceptors (Lipinski definition) is 1. The third-order valence-electron chi connectivity index (χ3n) is 3.77. The minimum atomic E-state index is -0.328. The maximum absolute atomic E-state index is 13.4. The molecule has 104 valence electrons. The molecule has 0 aliphatic heterocycles. The van der Waals surface area contributed by atoms with Crippen LogP contribution in [0.25, 0.3) is 0 Å². The quantitative estimate of drug-likeness (QED) is 0.784. The van der Waals surface area contributed by atoms with E-state index in [-0.39, 0.29) is 10.8 Å². The van der Waals surface area contributed by atoms with Crippen molar-refractivity contribution < 1.29 is 4.39 Å². The zero-order valence-electron chi connectivity index (χ0n) is 11.4. The molecule has 1 unspecified atom stereocenters. The van der Waals surface area contributed by atoms with Crippen molar-refractivity contribution in [2.45, 2.75) is 44.6 Å². The zero-order valence-corrected chi connectivity index (χ0v) is 12.1. The number of benzene rings is 1. The van der Waals surface area contributed by atoms with Gasteiger partial charge < -0.3 is 5.32 Å². The van der Waals surface area contributed by atoms with Crippen LogP contribution in [0.15, 0.2) is 29.8 Å². The van der Waals surface area contributed by atoms with Crippen LogP contribution in [0.5, 0.6) is 0 Å². The summed E-state index contributed by atoms with van der Waals surface area (Å²) in [5, 5.41) is 3.53. The Morgan fingerprint density at radius 1 is 1.32 bits per heavy atom. The van der Waals surface area contributed by atoms with E-state index in [0.29, 0.717) is 6.04 Å². The van der Waals surface area contributed by atoms with Crippen LogP contribution in [0.2, 0.25) is 5.02 Å². The molecule has 0 fully saturated rings. The summed E-state index contributed by atoms with van der Waals surface area (Å²) in [7, 11) is 1.97. The number of allylic oxidation sites excluding steroid dienone is 1. The minimum absolute atomic E-state index is 0.194. The number of hydrogen-bond donors (Lipinski definition) is 1. The summed E-state index contributed by atoms with van der Waals surface area (Å²) in [6.07, 6.45) is 9.31. The minimum Gasteiger partial charge on any atom is -0.316 e. The molecule has 0 radical (unpaired) electrons. The standard InChI is InChI=1S/C16H21ClFN/c1-19-14(9-12-5-3-2-4-6-12)10-13-7-8-15(17)16(18)11-13/h5,7-8,11,14,19H,2-4,6,9-10H2,1H3. The van der Waals surface area contributed by atoms with Crippen molar-refractivity contribution >= 4 is 11.6 Å². The van der Waals surface area contributed by atoms with Crippen molar-refractivity contribution in [2.24, 2.45) is 0 Å². The fourth-order valence-electron chi connectivity index (χ4n) is 2.63. The van der Waals surface area contributed by atoms with Gasteiger partial charge in [0.2, 0.25) is 0 Å². The summed E-state index contributed by atoms with van der Waals surface area (Å²) >= 11 is 5.71. The highest BCUT2D eigenvalue weighted by Gasteiger charge is 2.13. The average Bonchev–Trinajstić information content (AvgIpc) is 2.43. The van der Waals surface area contributed by atoms with Gasteiger partial charge in [-0.05, 0) is 63.3 Å². The first-order valence-electron chi connectivity index (χ1n) is 6.98. The van der Waals surface area contributed by atoms with Crippen LogP contribution in [0.4, 0.5) is 4.39 Å². The molecule has 2 rings (SSSR count). The number of nitrogens with one attached hydrogen (secondary N) is 1. The van der Waals surface area contributed by atoms with Crippen LogP contribution < -0.4 is 5.32 Å². The van der Waals surface area contributed by atoms with Crippen LogP contribution >= 0.6 is 11.6 Å². The highest BCUT2D eigenvalue weighted by molar-refractivity contribution is 6.30. The van der Waals surface area contributed by atoms with Gasteiger partial charge in [0.15, 0.2) is 0 Å². The van der Waals surface area contributed by atoms with Gasteiger partial charge in [0, 0.05) is 6.04 Å². The molecule has 0 bridgehead atoms. The number of halogens is 2. The topological polar surface area (TPSA) is 12.0 Å². The first kappa shape index (κ1) is 14.5. The maximum atomic E-state index is 13.4. The lowest BCUT2D eigenvalue weighted by Crippen LogP contribution is -2.28. The molecule has 0 aromatic heterocycles. The molecule has 1 aliphatic carbocycles. The fraction of sp³-hybridized carbons (Fsp3) is 0.500. The van der Waals surface area contributed by atoms with E-state index in [9.17, 15) is 4.39 Å². The normalized spacial score (nSPS) is 17.1. The Balaban J connectivity index is 1.97. The van der Waals surface area contributed by atoms with Gasteiger partial charge in [0.25, 0.3) is 0 Å². The largest absolute Gasteiger partial charge is 0.316 e. The second-order valence-electron chi connectivity index (χ2n) is 5.25. The summed E-state index contributed by atoms with van der Waals surface area (Å²) in [6.45, 7) is 0. The summed E-state index contributed by atoms with van der Waals surface area (Å²) in [5.74, 6) is -0.328. The smallest absolute Gasteiger partial charge is 0.142 e. The number of rotatable bonds is 5. The SMILES string of the molecule is CNC(CC1=CCCCC1)Cc1ccc(Cl)c(F)c1. The van der Waals surface area contributed by atoms with Crippen LogP contribution in [0.1, 0.15) is 37.7 Å². The van der Waals surface area contributed by atoms with E-state index in [1.54, 1.807) is 17.7 Å². The molecule has 0 saturated carbocycles. The van der Waals surface area contributed by atoms with Crippen molar-refractivity contribution in [3.05, 3.63) is 46.3 Å². The van der Waals surface area contributed by atoms with Crippen LogP contribution in [0, 0.1) is 5.82 Å². The van der Waals surface area contributed by atoms with E-state index in [4.69, 9.17) is 11.6 Å². The molecule has 1 aromatic rings. The Labute approximate surface area is 119 Å².